The lowest BCUT2D eigenvalue weighted by molar-refractivity contribution is 0.0949. The van der Waals surface area contributed by atoms with Crippen LogP contribution in [0.15, 0.2) is 35.1 Å². The van der Waals surface area contributed by atoms with Crippen LogP contribution in [0, 0.1) is 6.92 Å². The maximum atomic E-state index is 12.0. The lowest BCUT2D eigenvalue weighted by atomic mass is 10.2. The highest BCUT2D eigenvalue weighted by Crippen LogP contribution is 2.14. The molecule has 0 spiro atoms. The minimum Gasteiger partial charge on any atom is -0.469 e. The summed E-state index contributed by atoms with van der Waals surface area (Å²) in [5.41, 5.74) is 1.56. The van der Waals surface area contributed by atoms with Gasteiger partial charge in [0.05, 0.1) is 11.8 Å². The number of nitrogens with one attached hydrogen (secondary N) is 1. The Balaban J connectivity index is 1.55. The van der Waals surface area contributed by atoms with Crippen molar-refractivity contribution in [1.29, 1.82) is 0 Å². The third-order valence-electron chi connectivity index (χ3n) is 4.19. The highest BCUT2D eigenvalue weighted by atomic mass is 16.3. The van der Waals surface area contributed by atoms with Crippen LogP contribution in [-0.2, 0) is 6.54 Å². The maximum absolute atomic E-state index is 12.0. The Hall–Kier alpha value is -2.34. The van der Waals surface area contributed by atoms with Crippen LogP contribution in [-0.4, -0.2) is 49.0 Å². The highest BCUT2D eigenvalue weighted by Gasteiger charge is 2.15. The lowest BCUT2D eigenvalue weighted by Gasteiger charge is -2.33. The molecule has 0 atom stereocenters. The number of piperazine rings is 1. The van der Waals surface area contributed by atoms with Crippen molar-refractivity contribution in [3.63, 3.8) is 0 Å². The Morgan fingerprint density at radius 1 is 1.26 bits per heavy atom. The Morgan fingerprint density at radius 3 is 2.65 bits per heavy atom. The third kappa shape index (κ3) is 3.71. The molecule has 0 bridgehead atoms. The summed E-state index contributed by atoms with van der Waals surface area (Å²) in [4.78, 5) is 21.2. The van der Waals surface area contributed by atoms with E-state index in [0.717, 1.165) is 37.6 Å². The third-order valence-corrected chi connectivity index (χ3v) is 4.19. The van der Waals surface area contributed by atoms with Crippen LogP contribution < -0.4 is 10.2 Å². The van der Waals surface area contributed by atoms with Crippen LogP contribution in [0.1, 0.15) is 21.7 Å². The normalized spacial score (nSPS) is 15.7. The standard InChI is InChI=1S/C17H22N4O2/c1-13-15(5-10-23-13)17(22)19-12-14-3-4-16(18-11-14)21-8-6-20(2)7-9-21/h3-5,10-11H,6-9,12H2,1-2H3,(H,19,22). The number of aromatic nitrogens is 1. The average Bonchev–Trinajstić information content (AvgIpc) is 3.00. The molecule has 3 rings (SSSR count). The number of aryl methyl sites for hydroxylation is 1. The summed E-state index contributed by atoms with van der Waals surface area (Å²) in [5, 5.41) is 2.89. The van der Waals surface area contributed by atoms with E-state index >= 15 is 0 Å². The fourth-order valence-corrected chi connectivity index (χ4v) is 2.64. The second-order valence-corrected chi connectivity index (χ2v) is 5.89. The van der Waals surface area contributed by atoms with Gasteiger partial charge in [0.25, 0.3) is 5.91 Å². The fourth-order valence-electron chi connectivity index (χ4n) is 2.64. The number of likely N-dealkylation sites (N-methyl/N-ethyl adjacent to an activating group) is 1. The second kappa shape index (κ2) is 6.83. The van der Waals surface area contributed by atoms with E-state index in [-0.39, 0.29) is 5.91 Å². The van der Waals surface area contributed by atoms with E-state index in [4.69, 9.17) is 4.42 Å². The Morgan fingerprint density at radius 2 is 2.04 bits per heavy atom. The van der Waals surface area contributed by atoms with Crippen molar-refractivity contribution >= 4 is 11.7 Å². The smallest absolute Gasteiger partial charge is 0.255 e. The van der Waals surface area contributed by atoms with Crippen LogP contribution in [0.2, 0.25) is 0 Å². The van der Waals surface area contributed by atoms with Gasteiger partial charge >= 0.3 is 0 Å². The molecule has 0 aromatic carbocycles. The predicted octanol–water partition coefficient (Wildman–Crippen LogP) is 1.66. The lowest BCUT2D eigenvalue weighted by Crippen LogP contribution is -2.44. The summed E-state index contributed by atoms with van der Waals surface area (Å²) < 4.78 is 5.15. The van der Waals surface area contributed by atoms with Crippen molar-refractivity contribution < 1.29 is 9.21 Å². The molecular formula is C17H22N4O2. The van der Waals surface area contributed by atoms with Gasteiger partial charge in [-0.25, -0.2) is 4.98 Å². The Kier molecular flexibility index (Phi) is 4.62. The summed E-state index contributed by atoms with van der Waals surface area (Å²) in [6, 6.07) is 5.72. The number of pyridine rings is 1. The molecular weight excluding hydrogens is 292 g/mol. The first-order valence-electron chi connectivity index (χ1n) is 7.84. The molecule has 122 valence electrons. The Bertz CT molecular complexity index is 657. The van der Waals surface area contributed by atoms with E-state index in [2.05, 4.69) is 27.1 Å². The predicted molar refractivity (Wildman–Crippen MR) is 88.6 cm³/mol. The van der Waals surface area contributed by atoms with Gasteiger partial charge in [0.2, 0.25) is 0 Å². The summed E-state index contributed by atoms with van der Waals surface area (Å²) in [6.07, 6.45) is 3.35. The van der Waals surface area contributed by atoms with Gasteiger partial charge in [-0.1, -0.05) is 6.07 Å². The van der Waals surface area contributed by atoms with Gasteiger partial charge in [0.15, 0.2) is 0 Å². The average molecular weight is 314 g/mol. The maximum Gasteiger partial charge on any atom is 0.255 e. The topological polar surface area (TPSA) is 61.6 Å². The molecule has 6 heteroatoms. The van der Waals surface area contributed by atoms with Gasteiger partial charge in [-0.3, -0.25) is 4.79 Å². The quantitative estimate of drug-likeness (QED) is 0.930. The zero-order valence-electron chi connectivity index (χ0n) is 13.6. The van der Waals surface area contributed by atoms with Gasteiger partial charge in [-0.2, -0.15) is 0 Å². The van der Waals surface area contributed by atoms with E-state index in [9.17, 15) is 4.79 Å². The molecule has 0 saturated carbocycles. The zero-order chi connectivity index (χ0) is 16.2. The van der Waals surface area contributed by atoms with Gasteiger partial charge in [-0.05, 0) is 31.7 Å². The molecule has 2 aromatic rings. The number of anilines is 1. The van der Waals surface area contributed by atoms with Crippen molar-refractivity contribution in [3.05, 3.63) is 47.5 Å². The van der Waals surface area contributed by atoms with Crippen LogP contribution in [0.3, 0.4) is 0 Å². The number of carbonyl (C=O) groups excluding carboxylic acids is 1. The number of rotatable bonds is 4. The van der Waals surface area contributed by atoms with Crippen molar-refractivity contribution in [2.75, 3.05) is 38.1 Å². The molecule has 0 radical (unpaired) electrons. The van der Waals surface area contributed by atoms with Gasteiger partial charge in [0.1, 0.15) is 11.6 Å². The summed E-state index contributed by atoms with van der Waals surface area (Å²) >= 11 is 0. The number of furan rings is 1. The van der Waals surface area contributed by atoms with Crippen LogP contribution in [0.5, 0.6) is 0 Å². The first-order chi connectivity index (χ1) is 11.1. The van der Waals surface area contributed by atoms with Crippen molar-refractivity contribution in [3.8, 4) is 0 Å². The van der Waals surface area contributed by atoms with E-state index in [1.165, 1.54) is 6.26 Å². The molecule has 23 heavy (non-hydrogen) atoms. The fraction of sp³-hybridized carbons (Fsp3) is 0.412. The van der Waals surface area contributed by atoms with Gasteiger partial charge < -0.3 is 19.5 Å². The highest BCUT2D eigenvalue weighted by molar-refractivity contribution is 5.94. The Labute approximate surface area is 136 Å². The number of carbonyl (C=O) groups is 1. The van der Waals surface area contributed by atoms with Crippen LogP contribution in [0.25, 0.3) is 0 Å². The van der Waals surface area contributed by atoms with Crippen LogP contribution >= 0.6 is 0 Å². The van der Waals surface area contributed by atoms with Gasteiger partial charge in [0, 0.05) is 38.9 Å². The minimum atomic E-state index is -0.126. The molecule has 1 saturated heterocycles. The number of nitrogens with zero attached hydrogens (tertiary/aromatic N) is 3. The summed E-state index contributed by atoms with van der Waals surface area (Å²) in [6.45, 7) is 6.35. The van der Waals surface area contributed by atoms with E-state index < -0.39 is 0 Å². The first kappa shape index (κ1) is 15.6. The second-order valence-electron chi connectivity index (χ2n) is 5.89. The summed E-state index contributed by atoms with van der Waals surface area (Å²) in [7, 11) is 2.14. The molecule has 3 heterocycles. The zero-order valence-corrected chi connectivity index (χ0v) is 13.6. The van der Waals surface area contributed by atoms with E-state index in [0.29, 0.717) is 17.9 Å². The largest absolute Gasteiger partial charge is 0.469 e. The van der Waals surface area contributed by atoms with Crippen molar-refractivity contribution in [2.45, 2.75) is 13.5 Å². The molecule has 1 fully saturated rings. The number of hydrogen-bond acceptors (Lipinski definition) is 5. The molecule has 1 N–H and O–H groups in total. The SMILES string of the molecule is Cc1occc1C(=O)NCc1ccc(N2CCN(C)CC2)nc1. The van der Waals surface area contributed by atoms with Crippen molar-refractivity contribution in [2.24, 2.45) is 0 Å². The molecule has 1 aliphatic rings. The molecule has 6 nitrogen and oxygen atoms in total. The summed E-state index contributed by atoms with van der Waals surface area (Å²) in [5.74, 6) is 1.50. The molecule has 0 aliphatic carbocycles. The monoisotopic (exact) mass is 314 g/mol. The van der Waals surface area contributed by atoms with Gasteiger partial charge in [-0.15, -0.1) is 0 Å². The first-order valence-corrected chi connectivity index (χ1v) is 7.84. The van der Waals surface area contributed by atoms with E-state index in [1.807, 2.05) is 18.3 Å². The number of hydrogen-bond donors (Lipinski definition) is 1. The molecule has 1 amide bonds. The number of amides is 1. The minimum absolute atomic E-state index is 0.126. The molecule has 1 aliphatic heterocycles. The molecule has 2 aromatic heterocycles. The van der Waals surface area contributed by atoms with Crippen molar-refractivity contribution in [1.82, 2.24) is 15.2 Å². The molecule has 0 unspecified atom stereocenters. The van der Waals surface area contributed by atoms with E-state index in [1.54, 1.807) is 13.0 Å². The van der Waals surface area contributed by atoms with Crippen LogP contribution in [0.4, 0.5) is 5.82 Å².